The van der Waals surface area contributed by atoms with E-state index in [1.54, 1.807) is 0 Å². The Labute approximate surface area is 120 Å². The molecule has 0 aliphatic heterocycles. The fourth-order valence-electron chi connectivity index (χ4n) is 1.24. The second kappa shape index (κ2) is 8.01. The highest BCUT2D eigenvalue weighted by Gasteiger charge is 2.05. The molecule has 4 nitrogen and oxygen atoms in total. The van der Waals surface area contributed by atoms with Crippen molar-refractivity contribution in [2.75, 3.05) is 23.4 Å². The molecule has 0 spiro atoms. The van der Waals surface area contributed by atoms with Crippen molar-refractivity contribution in [1.82, 2.24) is 5.32 Å². The molecule has 2 amide bonds. The van der Waals surface area contributed by atoms with Crippen LogP contribution in [0.5, 0.6) is 0 Å². The lowest BCUT2D eigenvalue weighted by Gasteiger charge is -2.06. The van der Waals surface area contributed by atoms with E-state index in [-0.39, 0.29) is 22.6 Å². The quantitative estimate of drug-likeness (QED) is 0.793. The van der Waals surface area contributed by atoms with E-state index < -0.39 is 5.82 Å². The first-order chi connectivity index (χ1) is 8.99. The molecule has 0 fully saturated rings. The van der Waals surface area contributed by atoms with Crippen LogP contribution in [0.1, 0.15) is 6.92 Å². The molecule has 19 heavy (non-hydrogen) atoms. The lowest BCUT2D eigenvalue weighted by Crippen LogP contribution is -2.23. The Hall–Kier alpha value is -1.27. The number of thioether (sulfide) groups is 1. The van der Waals surface area contributed by atoms with E-state index in [0.717, 1.165) is 0 Å². The highest BCUT2D eigenvalue weighted by Crippen LogP contribution is 2.19. The number of halogens is 2. The number of carbonyl (C=O) groups is 2. The maximum atomic E-state index is 12.9. The van der Waals surface area contributed by atoms with Gasteiger partial charge in [-0.3, -0.25) is 9.59 Å². The Kier molecular flexibility index (Phi) is 6.66. The zero-order chi connectivity index (χ0) is 14.3. The summed E-state index contributed by atoms with van der Waals surface area (Å²) in [6, 6.07) is 4.00. The van der Waals surface area contributed by atoms with Crippen LogP contribution in [0.3, 0.4) is 0 Å². The van der Waals surface area contributed by atoms with Gasteiger partial charge in [-0.1, -0.05) is 11.6 Å². The molecule has 1 aromatic carbocycles. The highest BCUT2D eigenvalue weighted by molar-refractivity contribution is 7.99. The summed E-state index contributed by atoms with van der Waals surface area (Å²) >= 11 is 7.00. The first-order valence-electron chi connectivity index (χ1n) is 5.56. The molecular formula is C12H14ClFN2O2S. The summed E-state index contributed by atoms with van der Waals surface area (Å²) in [6.45, 7) is 1.96. The predicted molar refractivity (Wildman–Crippen MR) is 76.0 cm³/mol. The topological polar surface area (TPSA) is 58.2 Å². The van der Waals surface area contributed by atoms with Crippen LogP contribution in [0.2, 0.25) is 5.02 Å². The van der Waals surface area contributed by atoms with E-state index in [2.05, 4.69) is 10.6 Å². The molecule has 0 aliphatic carbocycles. The van der Waals surface area contributed by atoms with Crippen molar-refractivity contribution >= 4 is 40.9 Å². The summed E-state index contributed by atoms with van der Waals surface area (Å²) in [5.41, 5.74) is 0.457. The summed E-state index contributed by atoms with van der Waals surface area (Å²) in [7, 11) is 0. The average molecular weight is 305 g/mol. The first-order valence-corrected chi connectivity index (χ1v) is 7.09. The molecule has 1 rings (SSSR count). The standard InChI is InChI=1S/C12H14ClFN2O2S/c1-8(17)15-4-5-19-7-12(18)16-9-2-3-11(14)10(13)6-9/h2-3,6H,4-5,7H2,1H3,(H,15,17)(H,16,18). The van der Waals surface area contributed by atoms with E-state index in [9.17, 15) is 14.0 Å². The molecule has 2 N–H and O–H groups in total. The Morgan fingerprint density at radius 3 is 2.79 bits per heavy atom. The number of nitrogens with one attached hydrogen (secondary N) is 2. The molecule has 1 aromatic rings. The minimum absolute atomic E-state index is 0.0314. The van der Waals surface area contributed by atoms with Gasteiger partial charge in [0.25, 0.3) is 0 Å². The largest absolute Gasteiger partial charge is 0.356 e. The van der Waals surface area contributed by atoms with E-state index in [4.69, 9.17) is 11.6 Å². The highest BCUT2D eigenvalue weighted by atomic mass is 35.5. The second-order valence-electron chi connectivity index (χ2n) is 3.71. The summed E-state index contributed by atoms with van der Waals surface area (Å²) < 4.78 is 12.9. The van der Waals surface area contributed by atoms with Crippen LogP contribution in [0.4, 0.5) is 10.1 Å². The molecule has 0 radical (unpaired) electrons. The molecule has 0 unspecified atom stereocenters. The molecular weight excluding hydrogens is 291 g/mol. The number of anilines is 1. The van der Waals surface area contributed by atoms with Gasteiger partial charge in [0, 0.05) is 24.9 Å². The maximum absolute atomic E-state index is 12.9. The molecule has 0 aromatic heterocycles. The zero-order valence-electron chi connectivity index (χ0n) is 10.3. The molecule has 0 saturated carbocycles. The van der Waals surface area contributed by atoms with Crippen LogP contribution in [0.15, 0.2) is 18.2 Å². The third kappa shape index (κ3) is 6.45. The number of amides is 2. The fourth-order valence-corrected chi connectivity index (χ4v) is 2.06. The van der Waals surface area contributed by atoms with Crippen LogP contribution in [-0.4, -0.2) is 29.9 Å². The van der Waals surface area contributed by atoms with Gasteiger partial charge in [0.2, 0.25) is 11.8 Å². The van der Waals surface area contributed by atoms with Crippen molar-refractivity contribution in [3.8, 4) is 0 Å². The van der Waals surface area contributed by atoms with Crippen molar-refractivity contribution < 1.29 is 14.0 Å². The summed E-state index contributed by atoms with van der Waals surface area (Å²) in [4.78, 5) is 22.1. The van der Waals surface area contributed by atoms with Crippen molar-refractivity contribution in [3.63, 3.8) is 0 Å². The molecule has 104 valence electrons. The van der Waals surface area contributed by atoms with Crippen LogP contribution >= 0.6 is 23.4 Å². The Morgan fingerprint density at radius 2 is 2.16 bits per heavy atom. The Bertz CT molecular complexity index is 471. The van der Waals surface area contributed by atoms with Gasteiger partial charge in [-0.25, -0.2) is 4.39 Å². The van der Waals surface area contributed by atoms with Crippen LogP contribution in [0, 0.1) is 5.82 Å². The minimum Gasteiger partial charge on any atom is -0.356 e. The smallest absolute Gasteiger partial charge is 0.234 e. The van der Waals surface area contributed by atoms with Gasteiger partial charge in [0.05, 0.1) is 10.8 Å². The second-order valence-corrected chi connectivity index (χ2v) is 5.22. The predicted octanol–water partition coefficient (Wildman–Crippen LogP) is 2.29. The maximum Gasteiger partial charge on any atom is 0.234 e. The molecule has 0 bridgehead atoms. The van der Waals surface area contributed by atoms with E-state index in [0.29, 0.717) is 18.0 Å². The van der Waals surface area contributed by atoms with E-state index in [1.807, 2.05) is 0 Å². The van der Waals surface area contributed by atoms with Gasteiger partial charge in [-0.05, 0) is 18.2 Å². The SMILES string of the molecule is CC(=O)NCCSCC(=O)Nc1ccc(F)c(Cl)c1. The zero-order valence-corrected chi connectivity index (χ0v) is 11.9. The van der Waals surface area contributed by atoms with Gasteiger partial charge in [-0.15, -0.1) is 0 Å². The Balaban J connectivity index is 2.27. The number of hydrogen-bond donors (Lipinski definition) is 2. The third-order valence-electron chi connectivity index (χ3n) is 2.06. The van der Waals surface area contributed by atoms with Gasteiger partial charge in [0.15, 0.2) is 0 Å². The lowest BCUT2D eigenvalue weighted by atomic mass is 10.3. The van der Waals surface area contributed by atoms with E-state index in [1.165, 1.54) is 36.9 Å². The molecule has 0 saturated heterocycles. The third-order valence-corrected chi connectivity index (χ3v) is 3.31. The number of carbonyl (C=O) groups excluding carboxylic acids is 2. The summed E-state index contributed by atoms with van der Waals surface area (Å²) in [5, 5.41) is 5.21. The van der Waals surface area contributed by atoms with Crippen LogP contribution in [0.25, 0.3) is 0 Å². The van der Waals surface area contributed by atoms with Crippen LogP contribution in [-0.2, 0) is 9.59 Å². The number of benzene rings is 1. The monoisotopic (exact) mass is 304 g/mol. The molecule has 0 atom stereocenters. The number of hydrogen-bond acceptors (Lipinski definition) is 3. The molecule has 7 heteroatoms. The van der Waals surface area contributed by atoms with Crippen molar-refractivity contribution in [3.05, 3.63) is 29.0 Å². The fraction of sp³-hybridized carbons (Fsp3) is 0.333. The van der Waals surface area contributed by atoms with Gasteiger partial charge < -0.3 is 10.6 Å². The van der Waals surface area contributed by atoms with Crippen molar-refractivity contribution in [1.29, 1.82) is 0 Å². The Morgan fingerprint density at radius 1 is 1.42 bits per heavy atom. The molecule has 0 aliphatic rings. The first kappa shape index (κ1) is 15.8. The minimum atomic E-state index is -0.524. The summed E-state index contributed by atoms with van der Waals surface area (Å²) in [5.74, 6) is 0.0945. The summed E-state index contributed by atoms with van der Waals surface area (Å²) in [6.07, 6.45) is 0. The average Bonchev–Trinajstić information content (AvgIpc) is 2.33. The van der Waals surface area contributed by atoms with Crippen molar-refractivity contribution in [2.24, 2.45) is 0 Å². The van der Waals surface area contributed by atoms with Crippen molar-refractivity contribution in [2.45, 2.75) is 6.92 Å². The number of rotatable bonds is 6. The van der Waals surface area contributed by atoms with Gasteiger partial charge in [-0.2, -0.15) is 11.8 Å². The van der Waals surface area contributed by atoms with Gasteiger partial charge in [0.1, 0.15) is 5.82 Å². The molecule has 0 heterocycles. The van der Waals surface area contributed by atoms with Crippen LogP contribution < -0.4 is 10.6 Å². The van der Waals surface area contributed by atoms with Gasteiger partial charge >= 0.3 is 0 Å². The van der Waals surface area contributed by atoms with E-state index >= 15 is 0 Å². The normalized spacial score (nSPS) is 10.1. The lowest BCUT2D eigenvalue weighted by molar-refractivity contribution is -0.118.